The highest BCUT2D eigenvalue weighted by molar-refractivity contribution is 5.80. The average Bonchev–Trinajstić information content (AvgIpc) is 2.39. The zero-order valence-corrected chi connectivity index (χ0v) is 9.97. The molecule has 0 aliphatic heterocycles. The number of nitrogens with zero attached hydrogens (tertiary/aromatic N) is 2. The number of nitriles is 1. The fourth-order valence-electron chi connectivity index (χ4n) is 1.51. The number of rotatable bonds is 4. The molecule has 0 atom stereocenters. The Hall–Kier alpha value is -2.34. The summed E-state index contributed by atoms with van der Waals surface area (Å²) in [6.45, 7) is 5.53. The highest BCUT2D eigenvalue weighted by Crippen LogP contribution is 2.25. The topological polar surface area (TPSA) is 45.9 Å². The van der Waals surface area contributed by atoms with Crippen LogP contribution in [0.2, 0.25) is 0 Å². The van der Waals surface area contributed by atoms with Gasteiger partial charge in [-0.3, -0.25) is 4.98 Å². The molecule has 0 fully saturated rings. The Morgan fingerprint density at radius 2 is 2.35 bits per heavy atom. The van der Waals surface area contributed by atoms with E-state index in [0.717, 1.165) is 11.1 Å². The van der Waals surface area contributed by atoms with Gasteiger partial charge in [-0.2, -0.15) is 5.26 Å². The molecule has 17 heavy (non-hydrogen) atoms. The Kier molecular flexibility index (Phi) is 4.71. The van der Waals surface area contributed by atoms with Crippen LogP contribution in [0.1, 0.15) is 18.1 Å². The number of methoxy groups -OCH3 is 1. The summed E-state index contributed by atoms with van der Waals surface area (Å²) in [5.41, 5.74) is 2.16. The molecule has 0 radical (unpaired) electrons. The molecule has 0 aliphatic carbocycles. The van der Waals surface area contributed by atoms with Gasteiger partial charge >= 0.3 is 0 Å². The van der Waals surface area contributed by atoms with E-state index in [2.05, 4.69) is 17.6 Å². The van der Waals surface area contributed by atoms with Gasteiger partial charge in [0.25, 0.3) is 0 Å². The minimum atomic E-state index is 0.570. The van der Waals surface area contributed by atoms with E-state index < -0.39 is 0 Å². The highest BCUT2D eigenvalue weighted by Gasteiger charge is 2.11. The van der Waals surface area contributed by atoms with E-state index in [-0.39, 0.29) is 0 Å². The summed E-state index contributed by atoms with van der Waals surface area (Å²) in [5.74, 6) is 0.659. The van der Waals surface area contributed by atoms with E-state index in [0.29, 0.717) is 11.3 Å². The summed E-state index contributed by atoms with van der Waals surface area (Å²) in [5, 5.41) is 9.06. The van der Waals surface area contributed by atoms with Gasteiger partial charge in [-0.15, -0.1) is 0 Å². The normalized spacial score (nSPS) is 11.8. The smallest absolute Gasteiger partial charge is 0.126 e. The summed E-state index contributed by atoms with van der Waals surface area (Å²) in [6, 6.07) is 3.82. The average molecular weight is 226 g/mol. The Morgan fingerprint density at radius 1 is 1.59 bits per heavy atom. The lowest BCUT2D eigenvalue weighted by molar-refractivity contribution is 0.311. The molecule has 0 aromatic carbocycles. The lowest BCUT2D eigenvalue weighted by atomic mass is 10.0. The van der Waals surface area contributed by atoms with Gasteiger partial charge in [-0.05, 0) is 19.1 Å². The Bertz CT molecular complexity index is 507. The SMILES string of the molecule is C=C/C=C(OC)\C(=C/C)c1cnccc1C#N. The van der Waals surface area contributed by atoms with Crippen molar-refractivity contribution < 1.29 is 4.74 Å². The molecule has 0 spiro atoms. The van der Waals surface area contributed by atoms with E-state index >= 15 is 0 Å². The van der Waals surface area contributed by atoms with Crippen LogP contribution in [-0.4, -0.2) is 12.1 Å². The third-order valence-electron chi connectivity index (χ3n) is 2.27. The fraction of sp³-hybridized carbons (Fsp3) is 0.143. The lowest BCUT2D eigenvalue weighted by Gasteiger charge is -2.11. The molecule has 0 N–H and O–H groups in total. The minimum absolute atomic E-state index is 0.570. The van der Waals surface area contributed by atoms with Gasteiger partial charge in [0.15, 0.2) is 0 Å². The van der Waals surface area contributed by atoms with Crippen molar-refractivity contribution in [1.29, 1.82) is 5.26 Å². The summed E-state index contributed by atoms with van der Waals surface area (Å²) in [4.78, 5) is 4.04. The van der Waals surface area contributed by atoms with Gasteiger partial charge in [-0.1, -0.05) is 18.7 Å². The third kappa shape index (κ3) is 2.82. The summed E-state index contributed by atoms with van der Waals surface area (Å²) in [7, 11) is 1.58. The molecule has 0 bridgehead atoms. The maximum atomic E-state index is 9.06. The van der Waals surface area contributed by atoms with E-state index in [9.17, 15) is 0 Å². The van der Waals surface area contributed by atoms with E-state index in [1.165, 1.54) is 0 Å². The Balaban J connectivity index is 3.34. The Morgan fingerprint density at radius 3 is 2.88 bits per heavy atom. The molecule has 86 valence electrons. The molecule has 0 amide bonds. The van der Waals surface area contributed by atoms with Crippen LogP contribution in [0, 0.1) is 11.3 Å². The summed E-state index contributed by atoms with van der Waals surface area (Å²) < 4.78 is 5.28. The molecule has 3 nitrogen and oxygen atoms in total. The molecule has 1 aromatic heterocycles. The molecule has 1 rings (SSSR count). The van der Waals surface area contributed by atoms with Crippen molar-refractivity contribution in [2.75, 3.05) is 7.11 Å². The number of hydrogen-bond acceptors (Lipinski definition) is 3. The van der Waals surface area contributed by atoms with Gasteiger partial charge in [0.05, 0.1) is 18.7 Å². The highest BCUT2D eigenvalue weighted by atomic mass is 16.5. The van der Waals surface area contributed by atoms with Crippen molar-refractivity contribution in [3.8, 4) is 6.07 Å². The first-order valence-corrected chi connectivity index (χ1v) is 5.16. The minimum Gasteiger partial charge on any atom is -0.496 e. The molecular formula is C14H14N2O. The monoisotopic (exact) mass is 226 g/mol. The maximum absolute atomic E-state index is 9.06. The molecule has 0 aliphatic rings. The van der Waals surface area contributed by atoms with Crippen LogP contribution in [-0.2, 0) is 4.74 Å². The molecular weight excluding hydrogens is 212 g/mol. The van der Waals surface area contributed by atoms with Gasteiger partial charge in [0.2, 0.25) is 0 Å². The second-order valence-corrected chi connectivity index (χ2v) is 3.21. The van der Waals surface area contributed by atoms with Gasteiger partial charge in [0, 0.05) is 23.5 Å². The second-order valence-electron chi connectivity index (χ2n) is 3.21. The number of hydrogen-bond donors (Lipinski definition) is 0. The first-order valence-electron chi connectivity index (χ1n) is 5.16. The van der Waals surface area contributed by atoms with Crippen LogP contribution in [0.4, 0.5) is 0 Å². The maximum Gasteiger partial charge on any atom is 0.126 e. The van der Waals surface area contributed by atoms with E-state index in [1.54, 1.807) is 37.7 Å². The van der Waals surface area contributed by atoms with Crippen molar-refractivity contribution in [2.45, 2.75) is 6.92 Å². The number of ether oxygens (including phenoxy) is 1. The fourth-order valence-corrected chi connectivity index (χ4v) is 1.51. The third-order valence-corrected chi connectivity index (χ3v) is 2.27. The van der Waals surface area contributed by atoms with Crippen LogP contribution in [0.15, 0.2) is 49.0 Å². The van der Waals surface area contributed by atoms with Crippen molar-refractivity contribution in [3.63, 3.8) is 0 Å². The van der Waals surface area contributed by atoms with Crippen LogP contribution in [0.25, 0.3) is 5.57 Å². The first-order chi connectivity index (χ1) is 8.28. The molecule has 0 saturated carbocycles. The second kappa shape index (κ2) is 6.29. The number of aromatic nitrogens is 1. The van der Waals surface area contributed by atoms with Crippen LogP contribution in [0.3, 0.4) is 0 Å². The number of pyridine rings is 1. The van der Waals surface area contributed by atoms with Crippen molar-refractivity contribution in [3.05, 3.63) is 60.2 Å². The molecule has 0 saturated heterocycles. The van der Waals surface area contributed by atoms with Crippen molar-refractivity contribution >= 4 is 5.57 Å². The van der Waals surface area contributed by atoms with Crippen LogP contribution < -0.4 is 0 Å². The number of allylic oxidation sites excluding steroid dienone is 4. The van der Waals surface area contributed by atoms with E-state index in [4.69, 9.17) is 10.00 Å². The molecule has 1 heterocycles. The zero-order chi connectivity index (χ0) is 12.7. The van der Waals surface area contributed by atoms with Gasteiger partial charge in [-0.25, -0.2) is 0 Å². The van der Waals surface area contributed by atoms with Crippen LogP contribution >= 0.6 is 0 Å². The standard InChI is InChI=1S/C14H14N2O/c1-4-6-14(17-3)12(5-2)13-10-16-8-7-11(13)9-15/h4-8,10H,1H2,2-3H3/b12-5-,14-6+. The van der Waals surface area contributed by atoms with Crippen molar-refractivity contribution in [2.24, 2.45) is 0 Å². The summed E-state index contributed by atoms with van der Waals surface area (Å²) >= 11 is 0. The molecule has 0 unspecified atom stereocenters. The van der Waals surface area contributed by atoms with Gasteiger partial charge in [0.1, 0.15) is 5.76 Å². The zero-order valence-electron chi connectivity index (χ0n) is 9.97. The summed E-state index contributed by atoms with van der Waals surface area (Å²) in [6.07, 6.45) is 8.54. The lowest BCUT2D eigenvalue weighted by Crippen LogP contribution is -1.96. The van der Waals surface area contributed by atoms with E-state index in [1.807, 2.05) is 13.0 Å². The van der Waals surface area contributed by atoms with Crippen LogP contribution in [0.5, 0.6) is 0 Å². The molecule has 3 heteroatoms. The Labute approximate surface area is 101 Å². The predicted molar refractivity (Wildman–Crippen MR) is 67.9 cm³/mol. The predicted octanol–water partition coefficient (Wildman–Crippen LogP) is 3.07. The molecule has 1 aromatic rings. The first kappa shape index (κ1) is 12.7. The quantitative estimate of drug-likeness (QED) is 0.585. The van der Waals surface area contributed by atoms with Crippen molar-refractivity contribution in [1.82, 2.24) is 4.98 Å². The largest absolute Gasteiger partial charge is 0.496 e. The van der Waals surface area contributed by atoms with Gasteiger partial charge < -0.3 is 4.74 Å².